The Hall–Kier alpha value is -0.0000000000000000763. The molecule has 1 rings (SSSR count). The standard InChI is InChI=1S/C2H3NO2S2/c4-7(5)2-1-6-3-7/h1-3H. The van der Waals surface area contributed by atoms with Crippen LogP contribution in [0.4, 0.5) is 0 Å². The Labute approximate surface area is 46.0 Å². The van der Waals surface area contributed by atoms with Gasteiger partial charge in [0.25, 0.3) is 0 Å². The zero-order valence-corrected chi connectivity index (χ0v) is 4.92. The number of nitrogens with one attached hydrogen (secondary N) is 1. The van der Waals surface area contributed by atoms with Gasteiger partial charge in [-0.25, -0.2) is 8.42 Å². The molecule has 3 nitrogen and oxygen atoms in total. The molecule has 0 aromatic heterocycles. The van der Waals surface area contributed by atoms with Gasteiger partial charge in [0.05, 0.1) is 5.41 Å². The Morgan fingerprint density at radius 1 is 1.57 bits per heavy atom. The topological polar surface area (TPSA) is 46.2 Å². The summed E-state index contributed by atoms with van der Waals surface area (Å²) in [4.78, 5) is 0. The third-order valence-corrected chi connectivity index (χ3v) is 2.72. The van der Waals surface area contributed by atoms with Crippen molar-refractivity contribution in [2.24, 2.45) is 0 Å². The molecule has 1 N–H and O–H groups in total. The molecule has 0 unspecified atom stereocenters. The number of hydrogen-bond acceptors (Lipinski definition) is 3. The maximum atomic E-state index is 10.2. The quantitative estimate of drug-likeness (QED) is 0.479. The van der Waals surface area contributed by atoms with E-state index in [1.54, 1.807) is 0 Å². The van der Waals surface area contributed by atoms with E-state index in [1.165, 1.54) is 5.41 Å². The number of rotatable bonds is 0. The van der Waals surface area contributed by atoms with Crippen LogP contribution in [-0.4, -0.2) is 8.42 Å². The van der Waals surface area contributed by atoms with Crippen molar-refractivity contribution in [3.8, 4) is 0 Å². The minimum Gasteiger partial charge on any atom is -0.207 e. The highest BCUT2D eigenvalue weighted by Gasteiger charge is 2.07. The molecular formula is C2H3NO2S2. The Morgan fingerprint density at radius 2 is 2.29 bits per heavy atom. The molecule has 5 heteroatoms. The Kier molecular flexibility index (Phi) is 1.10. The van der Waals surface area contributed by atoms with Crippen LogP contribution in [0.25, 0.3) is 0 Å². The van der Waals surface area contributed by atoms with E-state index < -0.39 is 10.0 Å². The minimum absolute atomic E-state index is 1.06. The molecule has 0 fully saturated rings. The van der Waals surface area contributed by atoms with Crippen molar-refractivity contribution >= 4 is 22.0 Å². The summed E-state index contributed by atoms with van der Waals surface area (Å²) in [6.45, 7) is 0. The summed E-state index contributed by atoms with van der Waals surface area (Å²) in [6, 6.07) is 0. The van der Waals surface area contributed by atoms with Crippen LogP contribution in [0.5, 0.6) is 0 Å². The predicted octanol–water partition coefficient (Wildman–Crippen LogP) is 0.0388. The third kappa shape index (κ3) is 1.19. The molecule has 1 heterocycles. The lowest BCUT2D eigenvalue weighted by Crippen LogP contribution is -2.06. The van der Waals surface area contributed by atoms with Crippen LogP contribution in [0, 0.1) is 0 Å². The fourth-order valence-electron chi connectivity index (χ4n) is 0.224. The van der Waals surface area contributed by atoms with E-state index >= 15 is 0 Å². The van der Waals surface area contributed by atoms with Crippen molar-refractivity contribution in [1.29, 1.82) is 0 Å². The highest BCUT2D eigenvalue weighted by atomic mass is 32.3. The first-order valence-electron chi connectivity index (χ1n) is 1.55. The van der Waals surface area contributed by atoms with Crippen molar-refractivity contribution < 1.29 is 8.42 Å². The first kappa shape index (κ1) is 5.14. The second-order valence-corrected chi connectivity index (χ2v) is 3.56. The van der Waals surface area contributed by atoms with E-state index in [4.69, 9.17) is 0 Å². The summed E-state index contributed by atoms with van der Waals surface area (Å²) in [5.74, 6) is 0. The largest absolute Gasteiger partial charge is 0.243 e. The maximum Gasteiger partial charge on any atom is 0.243 e. The van der Waals surface area contributed by atoms with E-state index in [0.717, 1.165) is 17.4 Å². The van der Waals surface area contributed by atoms with Crippen LogP contribution in [-0.2, 0) is 10.0 Å². The molecule has 0 saturated carbocycles. The van der Waals surface area contributed by atoms with Gasteiger partial charge in [0, 0.05) is 5.41 Å². The average molecular weight is 137 g/mol. The van der Waals surface area contributed by atoms with E-state index in [1.807, 2.05) is 0 Å². The first-order chi connectivity index (χ1) is 3.21. The fraction of sp³-hybridized carbons (Fsp3) is 0. The van der Waals surface area contributed by atoms with Crippen molar-refractivity contribution in [1.82, 2.24) is 4.13 Å². The van der Waals surface area contributed by atoms with Crippen molar-refractivity contribution in [2.45, 2.75) is 0 Å². The van der Waals surface area contributed by atoms with Gasteiger partial charge in [-0.2, -0.15) is 4.13 Å². The fourth-order valence-corrected chi connectivity index (χ4v) is 2.01. The third-order valence-electron chi connectivity index (χ3n) is 0.467. The molecule has 1 aliphatic rings. The Balaban J connectivity index is 2.99. The predicted molar refractivity (Wildman–Crippen MR) is 28.8 cm³/mol. The van der Waals surface area contributed by atoms with Crippen LogP contribution < -0.4 is 4.13 Å². The highest BCUT2D eigenvalue weighted by Crippen LogP contribution is 2.08. The van der Waals surface area contributed by atoms with Gasteiger partial charge in [-0.15, -0.1) is 0 Å². The molecule has 0 aromatic carbocycles. The lowest BCUT2D eigenvalue weighted by Gasteiger charge is -1.82. The monoisotopic (exact) mass is 137 g/mol. The van der Waals surface area contributed by atoms with E-state index in [9.17, 15) is 8.42 Å². The number of hydrogen-bond donors (Lipinski definition) is 1. The SMILES string of the molecule is O=S1(=O)C=CSN1. The Morgan fingerprint density at radius 3 is 2.43 bits per heavy atom. The van der Waals surface area contributed by atoms with Gasteiger partial charge >= 0.3 is 0 Å². The van der Waals surface area contributed by atoms with E-state index in [2.05, 4.69) is 4.13 Å². The molecule has 0 amide bonds. The van der Waals surface area contributed by atoms with Crippen molar-refractivity contribution in [2.75, 3.05) is 0 Å². The molecule has 0 radical (unpaired) electrons. The van der Waals surface area contributed by atoms with Crippen LogP contribution in [0.15, 0.2) is 10.8 Å². The van der Waals surface area contributed by atoms with Gasteiger partial charge in [0.2, 0.25) is 10.0 Å². The molecule has 0 atom stereocenters. The zero-order valence-electron chi connectivity index (χ0n) is 3.29. The van der Waals surface area contributed by atoms with E-state index in [-0.39, 0.29) is 0 Å². The second kappa shape index (κ2) is 1.50. The summed E-state index contributed by atoms with van der Waals surface area (Å²) < 4.78 is 22.6. The molecule has 1 aliphatic heterocycles. The summed E-state index contributed by atoms with van der Waals surface area (Å²) in [5.41, 5.74) is 0. The van der Waals surface area contributed by atoms with Gasteiger partial charge in [-0.1, -0.05) is 0 Å². The summed E-state index contributed by atoms with van der Waals surface area (Å²) in [6.07, 6.45) is 0. The Bertz CT molecular complexity index is 180. The second-order valence-electron chi connectivity index (χ2n) is 1.02. The zero-order chi connectivity index (χ0) is 5.33. The van der Waals surface area contributed by atoms with Gasteiger partial charge < -0.3 is 0 Å². The molecule has 0 aromatic rings. The molecule has 40 valence electrons. The van der Waals surface area contributed by atoms with Crippen LogP contribution in [0.1, 0.15) is 0 Å². The maximum absolute atomic E-state index is 10.2. The van der Waals surface area contributed by atoms with Gasteiger partial charge in [0.1, 0.15) is 0 Å². The van der Waals surface area contributed by atoms with Gasteiger partial charge in [-0.3, -0.25) is 0 Å². The molecular weight excluding hydrogens is 134 g/mol. The van der Waals surface area contributed by atoms with Gasteiger partial charge in [0.15, 0.2) is 0 Å². The summed E-state index contributed by atoms with van der Waals surface area (Å²) in [5, 5.41) is 2.60. The summed E-state index contributed by atoms with van der Waals surface area (Å²) in [7, 11) is -3.01. The van der Waals surface area contributed by atoms with Crippen LogP contribution >= 0.6 is 11.9 Å². The number of sulfonamides is 1. The van der Waals surface area contributed by atoms with Crippen molar-refractivity contribution in [3.63, 3.8) is 0 Å². The first-order valence-corrected chi connectivity index (χ1v) is 3.97. The van der Waals surface area contributed by atoms with Crippen molar-refractivity contribution in [3.05, 3.63) is 10.8 Å². The smallest absolute Gasteiger partial charge is 0.207 e. The molecule has 0 bridgehead atoms. The lowest BCUT2D eigenvalue weighted by molar-refractivity contribution is 0.604. The highest BCUT2D eigenvalue weighted by molar-refractivity contribution is 8.14. The molecule has 0 spiro atoms. The van der Waals surface area contributed by atoms with Crippen LogP contribution in [0.2, 0.25) is 0 Å². The summed E-state index contributed by atoms with van der Waals surface area (Å²) >= 11 is 1.06. The van der Waals surface area contributed by atoms with Gasteiger partial charge in [-0.05, 0) is 11.9 Å². The average Bonchev–Trinajstić information content (AvgIpc) is 1.84. The molecule has 0 aliphatic carbocycles. The lowest BCUT2D eigenvalue weighted by atomic mass is 11.3. The minimum atomic E-state index is -3.01. The molecule has 7 heavy (non-hydrogen) atoms. The normalized spacial score (nSPS) is 25.7. The van der Waals surface area contributed by atoms with E-state index in [0.29, 0.717) is 0 Å². The molecule has 0 saturated heterocycles. The van der Waals surface area contributed by atoms with Crippen LogP contribution in [0.3, 0.4) is 0 Å².